The van der Waals surface area contributed by atoms with Crippen molar-refractivity contribution in [3.05, 3.63) is 63.5 Å². The topological polar surface area (TPSA) is 154 Å². The highest BCUT2D eigenvalue weighted by atomic mass is 35.5. The van der Waals surface area contributed by atoms with Crippen LogP contribution in [0.25, 0.3) is 0 Å². The van der Waals surface area contributed by atoms with Crippen LogP contribution < -0.4 is 15.6 Å². The van der Waals surface area contributed by atoms with E-state index in [1.54, 1.807) is 18.2 Å². The van der Waals surface area contributed by atoms with E-state index in [2.05, 4.69) is 9.88 Å². The molecule has 2 atom stereocenters. The summed E-state index contributed by atoms with van der Waals surface area (Å²) in [5, 5.41) is 22.2. The highest BCUT2D eigenvalue weighted by Gasteiger charge is 2.54. The molecule has 10 nitrogen and oxygen atoms in total. The summed E-state index contributed by atoms with van der Waals surface area (Å²) in [6.07, 6.45) is 3.89. The number of carbonyl (C=O) groups is 4. The minimum absolute atomic E-state index is 0.0202. The van der Waals surface area contributed by atoms with Gasteiger partial charge < -0.3 is 21.3 Å². The fourth-order valence-electron chi connectivity index (χ4n) is 4.67. The van der Waals surface area contributed by atoms with Crippen LogP contribution in [0.3, 0.4) is 0 Å². The van der Waals surface area contributed by atoms with E-state index in [4.69, 9.17) is 34.0 Å². The summed E-state index contributed by atoms with van der Waals surface area (Å²) < 4.78 is 2.07. The zero-order chi connectivity index (χ0) is 31.1. The van der Waals surface area contributed by atoms with Gasteiger partial charge in [0.15, 0.2) is 11.9 Å². The van der Waals surface area contributed by atoms with Gasteiger partial charge in [-0.05, 0) is 36.7 Å². The fourth-order valence-corrected chi connectivity index (χ4v) is 8.41. The second-order valence-electron chi connectivity index (χ2n) is 9.80. The SMILES string of the molecule is NCCC[n+]1ccc(SCC2=C(C(=O)O)N3C(=O)[C@@H](NC(=O)CSc4cc(Cl)ccc4Cl)[C@H]3SC2)cc1CCCC(=O)O. The number of pyridine rings is 1. The molecule has 1 saturated heterocycles. The van der Waals surface area contributed by atoms with Gasteiger partial charge in [0, 0.05) is 57.7 Å². The molecule has 0 spiro atoms. The van der Waals surface area contributed by atoms with Crippen molar-refractivity contribution in [2.45, 2.75) is 53.4 Å². The van der Waals surface area contributed by atoms with Gasteiger partial charge in [0.1, 0.15) is 23.7 Å². The molecule has 5 N–H and O–H groups in total. The smallest absolute Gasteiger partial charge is 0.352 e. The number of carbonyl (C=O) groups excluding carboxylic acids is 2. The molecule has 230 valence electrons. The van der Waals surface area contributed by atoms with Crippen molar-refractivity contribution in [1.29, 1.82) is 0 Å². The standard InChI is InChI=1S/C28H30Cl2N4O6S3/c29-17-5-6-20(30)21(11-17)42-15-22(35)32-24-26(38)34-25(28(39)40)16(14-43-27(24)34)13-41-19-7-10-33(9-2-8-31)18(12-19)3-1-4-23(36)37/h5-7,10-12,24,27H,1-4,8-9,13-15,31H2,(H2-,32,35,36,37,39,40)/p+1/t24-,27-/m1/s1. The number of aromatic nitrogens is 1. The average molecular weight is 687 g/mol. The van der Waals surface area contributed by atoms with Crippen molar-refractivity contribution in [1.82, 2.24) is 10.2 Å². The van der Waals surface area contributed by atoms with Gasteiger partial charge in [0.2, 0.25) is 5.91 Å². The average Bonchev–Trinajstić information content (AvgIpc) is 2.97. The molecule has 2 aromatic rings. The number of nitrogens with two attached hydrogens (primary N) is 1. The van der Waals surface area contributed by atoms with Gasteiger partial charge in [-0.15, -0.1) is 35.3 Å². The van der Waals surface area contributed by atoms with Crippen LogP contribution in [0.1, 0.15) is 25.0 Å². The third kappa shape index (κ3) is 8.61. The van der Waals surface area contributed by atoms with Gasteiger partial charge in [0.05, 0.1) is 10.8 Å². The summed E-state index contributed by atoms with van der Waals surface area (Å²) >= 11 is 16.2. The zero-order valence-corrected chi connectivity index (χ0v) is 26.9. The number of fused-ring (bicyclic) bond motifs is 1. The lowest BCUT2D eigenvalue weighted by atomic mass is 10.0. The van der Waals surface area contributed by atoms with Crippen molar-refractivity contribution in [3.8, 4) is 0 Å². The van der Waals surface area contributed by atoms with Crippen molar-refractivity contribution in [3.63, 3.8) is 0 Å². The number of nitrogens with zero attached hydrogens (tertiary/aromatic N) is 2. The first kappa shape index (κ1) is 33.5. The van der Waals surface area contributed by atoms with Crippen LogP contribution in [0.15, 0.2) is 57.6 Å². The minimum atomic E-state index is -1.19. The lowest BCUT2D eigenvalue weighted by Gasteiger charge is -2.49. The molecule has 1 aromatic carbocycles. The van der Waals surface area contributed by atoms with E-state index in [9.17, 15) is 24.3 Å². The number of hydrogen-bond acceptors (Lipinski definition) is 8. The van der Waals surface area contributed by atoms with Crippen molar-refractivity contribution >= 4 is 82.2 Å². The molecule has 0 saturated carbocycles. The summed E-state index contributed by atoms with van der Waals surface area (Å²) in [5.41, 5.74) is 7.23. The summed E-state index contributed by atoms with van der Waals surface area (Å²) in [6, 6.07) is 8.08. The molecule has 0 unspecified atom stereocenters. The van der Waals surface area contributed by atoms with E-state index >= 15 is 0 Å². The predicted molar refractivity (Wildman–Crippen MR) is 168 cm³/mol. The molecule has 0 radical (unpaired) electrons. The molecule has 2 aliphatic heterocycles. The van der Waals surface area contributed by atoms with Crippen LogP contribution in [0.2, 0.25) is 10.0 Å². The van der Waals surface area contributed by atoms with Crippen LogP contribution in [0.5, 0.6) is 0 Å². The Morgan fingerprint density at radius 1 is 1.14 bits per heavy atom. The number of aliphatic carboxylic acids is 2. The molecule has 1 aromatic heterocycles. The number of carboxylic acids is 2. The molecule has 2 aliphatic rings. The quantitative estimate of drug-likeness (QED) is 0.124. The van der Waals surface area contributed by atoms with Gasteiger partial charge in [-0.3, -0.25) is 19.3 Å². The minimum Gasteiger partial charge on any atom is -0.481 e. The first-order chi connectivity index (χ1) is 20.6. The molecule has 15 heteroatoms. The molecular weight excluding hydrogens is 655 g/mol. The highest BCUT2D eigenvalue weighted by molar-refractivity contribution is 8.01. The summed E-state index contributed by atoms with van der Waals surface area (Å²) in [7, 11) is 0. The number of amides is 2. The molecular formula is C28H31Cl2N4O6S3+. The normalized spacial score (nSPS) is 17.8. The maximum Gasteiger partial charge on any atom is 0.352 e. The second-order valence-corrected chi connectivity index (χ2v) is 13.8. The number of β-lactam (4-membered cyclic amide) rings is 1. The Hall–Kier alpha value is -2.42. The van der Waals surface area contributed by atoms with Crippen LogP contribution in [-0.4, -0.2) is 74.1 Å². The molecule has 0 bridgehead atoms. The summed E-state index contributed by atoms with van der Waals surface area (Å²) in [6.45, 7) is 1.26. The van der Waals surface area contributed by atoms with Gasteiger partial charge >= 0.3 is 11.9 Å². The van der Waals surface area contributed by atoms with Gasteiger partial charge in [-0.25, -0.2) is 9.36 Å². The Kier molecular flexibility index (Phi) is 12.1. The molecule has 3 heterocycles. The Bertz CT molecular complexity index is 1440. The Morgan fingerprint density at radius 3 is 2.65 bits per heavy atom. The first-order valence-electron chi connectivity index (χ1n) is 13.4. The third-order valence-electron chi connectivity index (χ3n) is 6.75. The van der Waals surface area contributed by atoms with Crippen molar-refractivity contribution in [2.24, 2.45) is 5.73 Å². The van der Waals surface area contributed by atoms with Gasteiger partial charge in [-0.1, -0.05) is 23.2 Å². The van der Waals surface area contributed by atoms with E-state index in [1.165, 1.54) is 40.2 Å². The number of nitrogens with one attached hydrogen (secondary N) is 1. The molecule has 1 fully saturated rings. The third-order valence-corrected chi connectivity index (χ3v) is 10.9. The fraction of sp³-hybridized carbons (Fsp3) is 0.393. The number of thioether (sulfide) groups is 3. The maximum atomic E-state index is 13.1. The molecule has 0 aliphatic carbocycles. The molecule has 4 rings (SSSR count). The second kappa shape index (κ2) is 15.5. The lowest BCUT2D eigenvalue weighted by Crippen LogP contribution is -2.70. The van der Waals surface area contributed by atoms with E-state index in [-0.39, 0.29) is 23.8 Å². The Balaban J connectivity index is 1.39. The maximum absolute atomic E-state index is 13.1. The van der Waals surface area contributed by atoms with E-state index in [1.807, 2.05) is 18.3 Å². The number of rotatable bonds is 15. The number of halogens is 2. The van der Waals surface area contributed by atoms with Gasteiger partial charge in [-0.2, -0.15) is 0 Å². The van der Waals surface area contributed by atoms with Crippen LogP contribution in [0.4, 0.5) is 0 Å². The Labute approximate surface area is 271 Å². The van der Waals surface area contributed by atoms with Gasteiger partial charge in [0.25, 0.3) is 5.91 Å². The Morgan fingerprint density at radius 2 is 1.93 bits per heavy atom. The first-order valence-corrected chi connectivity index (χ1v) is 17.2. The van der Waals surface area contributed by atoms with Crippen LogP contribution in [-0.2, 0) is 32.1 Å². The molecule has 2 amide bonds. The predicted octanol–water partition coefficient (Wildman–Crippen LogP) is 3.66. The number of aryl methyl sites for hydroxylation is 2. The van der Waals surface area contributed by atoms with Crippen molar-refractivity contribution < 1.29 is 34.0 Å². The summed E-state index contributed by atoms with van der Waals surface area (Å²) in [5.74, 6) is -2.08. The highest BCUT2D eigenvalue weighted by Crippen LogP contribution is 2.41. The largest absolute Gasteiger partial charge is 0.481 e. The molecule has 43 heavy (non-hydrogen) atoms. The monoisotopic (exact) mass is 685 g/mol. The zero-order valence-electron chi connectivity index (χ0n) is 23.0. The van der Waals surface area contributed by atoms with Crippen LogP contribution >= 0.6 is 58.5 Å². The lowest BCUT2D eigenvalue weighted by molar-refractivity contribution is -0.704. The number of hydrogen-bond donors (Lipinski definition) is 4. The van der Waals surface area contributed by atoms with E-state index < -0.39 is 29.3 Å². The van der Waals surface area contributed by atoms with Crippen LogP contribution in [0, 0.1) is 0 Å². The summed E-state index contributed by atoms with van der Waals surface area (Å²) in [4.78, 5) is 51.8. The van der Waals surface area contributed by atoms with E-state index in [0.717, 1.165) is 23.6 Å². The van der Waals surface area contributed by atoms with E-state index in [0.29, 0.717) is 51.4 Å². The number of carboxylic acid groups (broad SMARTS) is 2. The van der Waals surface area contributed by atoms with Crippen molar-refractivity contribution in [2.75, 3.05) is 23.8 Å². The number of benzene rings is 1.